The summed E-state index contributed by atoms with van der Waals surface area (Å²) in [5.41, 5.74) is 1.20. The Morgan fingerprint density at radius 1 is 1.32 bits per heavy atom. The Morgan fingerprint density at radius 2 is 1.95 bits per heavy atom. The molecule has 1 aliphatic heterocycles. The highest BCUT2D eigenvalue weighted by Gasteiger charge is 2.28. The molecule has 0 unspecified atom stereocenters. The number of carbonyl (C=O) groups excluding carboxylic acids is 1. The lowest BCUT2D eigenvalue weighted by atomic mass is 10.0. The molecular formula is C16H24N2O3S. The van der Waals surface area contributed by atoms with Crippen molar-refractivity contribution in [3.05, 3.63) is 29.3 Å². The molecular weight excluding hydrogens is 300 g/mol. The van der Waals surface area contributed by atoms with E-state index in [-0.39, 0.29) is 10.8 Å². The number of amides is 1. The van der Waals surface area contributed by atoms with Crippen molar-refractivity contribution in [2.45, 2.75) is 38.5 Å². The van der Waals surface area contributed by atoms with Crippen LogP contribution in [0.2, 0.25) is 0 Å². The first kappa shape index (κ1) is 17.0. The van der Waals surface area contributed by atoms with Crippen LogP contribution < -0.4 is 5.32 Å². The van der Waals surface area contributed by atoms with Crippen molar-refractivity contribution in [3.8, 4) is 0 Å². The van der Waals surface area contributed by atoms with Gasteiger partial charge in [-0.05, 0) is 50.3 Å². The molecule has 1 saturated heterocycles. The van der Waals surface area contributed by atoms with Gasteiger partial charge < -0.3 is 5.32 Å². The molecule has 0 spiro atoms. The summed E-state index contributed by atoms with van der Waals surface area (Å²) in [4.78, 5) is 12.2. The second kappa shape index (κ2) is 6.79. The summed E-state index contributed by atoms with van der Waals surface area (Å²) in [6.45, 7) is 7.40. The van der Waals surface area contributed by atoms with Crippen LogP contribution in [0.3, 0.4) is 0 Å². The van der Waals surface area contributed by atoms with Gasteiger partial charge in [0.1, 0.15) is 0 Å². The molecule has 0 radical (unpaired) electrons. The first-order chi connectivity index (χ1) is 10.4. The van der Waals surface area contributed by atoms with E-state index in [4.69, 9.17) is 0 Å². The van der Waals surface area contributed by atoms with Crippen molar-refractivity contribution in [3.63, 3.8) is 0 Å². The van der Waals surface area contributed by atoms with Gasteiger partial charge in [0.15, 0.2) is 0 Å². The summed E-state index contributed by atoms with van der Waals surface area (Å²) in [5, 5.41) is 2.72. The van der Waals surface area contributed by atoms with Crippen LogP contribution in [0.1, 0.15) is 42.6 Å². The van der Waals surface area contributed by atoms with Crippen molar-refractivity contribution < 1.29 is 13.2 Å². The van der Waals surface area contributed by atoms with E-state index in [1.54, 1.807) is 12.1 Å². The molecule has 6 heteroatoms. The zero-order valence-electron chi connectivity index (χ0n) is 13.4. The Balaban J connectivity index is 2.31. The van der Waals surface area contributed by atoms with Crippen LogP contribution in [0.25, 0.3) is 0 Å². The molecule has 1 aromatic rings. The first-order valence-electron chi connectivity index (χ1n) is 7.75. The van der Waals surface area contributed by atoms with E-state index in [0.29, 0.717) is 31.1 Å². The van der Waals surface area contributed by atoms with Crippen molar-refractivity contribution in [2.75, 3.05) is 19.6 Å². The molecule has 0 aliphatic carbocycles. The molecule has 2 rings (SSSR count). The zero-order chi connectivity index (χ0) is 16.3. The fraction of sp³-hybridized carbons (Fsp3) is 0.562. The van der Waals surface area contributed by atoms with Crippen LogP contribution in [-0.4, -0.2) is 38.3 Å². The lowest BCUT2D eigenvalue weighted by molar-refractivity contribution is 0.0955. The van der Waals surface area contributed by atoms with E-state index in [1.807, 2.05) is 13.8 Å². The van der Waals surface area contributed by atoms with Crippen LogP contribution in [0.15, 0.2) is 23.1 Å². The molecule has 0 atom stereocenters. The third-order valence-electron chi connectivity index (χ3n) is 4.17. The van der Waals surface area contributed by atoms with Gasteiger partial charge in [0.2, 0.25) is 10.0 Å². The van der Waals surface area contributed by atoms with E-state index in [9.17, 15) is 13.2 Å². The monoisotopic (exact) mass is 324 g/mol. The first-order valence-corrected chi connectivity index (χ1v) is 9.19. The van der Waals surface area contributed by atoms with Crippen molar-refractivity contribution in [1.29, 1.82) is 0 Å². The number of aryl methyl sites for hydroxylation is 1. The molecule has 0 saturated carbocycles. The second-order valence-electron chi connectivity index (χ2n) is 5.92. The summed E-state index contributed by atoms with van der Waals surface area (Å²) in [6.07, 6.45) is 1.77. The topological polar surface area (TPSA) is 66.5 Å². The van der Waals surface area contributed by atoms with Crippen LogP contribution in [0, 0.1) is 12.8 Å². The maximum Gasteiger partial charge on any atom is 0.251 e. The average Bonchev–Trinajstić information content (AvgIpc) is 2.48. The maximum atomic E-state index is 12.7. The van der Waals surface area contributed by atoms with Gasteiger partial charge in [0.05, 0.1) is 4.90 Å². The van der Waals surface area contributed by atoms with E-state index in [2.05, 4.69) is 12.2 Å². The van der Waals surface area contributed by atoms with E-state index in [0.717, 1.165) is 18.4 Å². The molecule has 1 N–H and O–H groups in total. The molecule has 122 valence electrons. The number of piperidine rings is 1. The van der Waals surface area contributed by atoms with Gasteiger partial charge in [0.25, 0.3) is 5.91 Å². The number of benzene rings is 1. The maximum absolute atomic E-state index is 12.7. The SMILES string of the molecule is CCNC(=O)c1cc(S(=O)(=O)N2CCC(C)CC2)ccc1C. The minimum atomic E-state index is -3.52. The Kier molecular flexibility index (Phi) is 5.24. The van der Waals surface area contributed by atoms with Gasteiger partial charge in [-0.15, -0.1) is 0 Å². The lowest BCUT2D eigenvalue weighted by Gasteiger charge is -2.29. The highest BCUT2D eigenvalue weighted by Crippen LogP contribution is 2.24. The summed E-state index contributed by atoms with van der Waals surface area (Å²) in [5.74, 6) is 0.333. The number of nitrogens with one attached hydrogen (secondary N) is 1. The van der Waals surface area contributed by atoms with E-state index < -0.39 is 10.0 Å². The lowest BCUT2D eigenvalue weighted by Crippen LogP contribution is -2.38. The standard InChI is InChI=1S/C16H24N2O3S/c1-4-17-16(19)15-11-14(6-5-13(15)3)22(20,21)18-9-7-12(2)8-10-18/h5-6,11-12H,4,7-10H2,1-3H3,(H,17,19). The largest absolute Gasteiger partial charge is 0.352 e. The molecule has 5 nitrogen and oxygen atoms in total. The normalized spacial score (nSPS) is 17.4. The third-order valence-corrected chi connectivity index (χ3v) is 6.07. The molecule has 1 heterocycles. The molecule has 0 bridgehead atoms. The van der Waals surface area contributed by atoms with E-state index in [1.165, 1.54) is 10.4 Å². The fourth-order valence-corrected chi connectivity index (χ4v) is 4.13. The Bertz CT molecular complexity index is 647. The number of sulfonamides is 1. The summed E-state index contributed by atoms with van der Waals surface area (Å²) < 4.78 is 27.0. The predicted molar refractivity (Wildman–Crippen MR) is 86.3 cm³/mol. The van der Waals surface area contributed by atoms with Crippen molar-refractivity contribution in [2.24, 2.45) is 5.92 Å². The molecule has 0 aromatic heterocycles. The molecule has 1 fully saturated rings. The highest BCUT2D eigenvalue weighted by molar-refractivity contribution is 7.89. The summed E-state index contributed by atoms with van der Waals surface area (Å²) in [6, 6.07) is 4.78. The number of rotatable bonds is 4. The smallest absolute Gasteiger partial charge is 0.251 e. The van der Waals surface area contributed by atoms with E-state index >= 15 is 0 Å². The zero-order valence-corrected chi connectivity index (χ0v) is 14.2. The van der Waals surface area contributed by atoms with Gasteiger partial charge in [-0.2, -0.15) is 4.31 Å². The number of carbonyl (C=O) groups is 1. The predicted octanol–water partition coefficient (Wildman–Crippen LogP) is 2.17. The van der Waals surface area contributed by atoms with Crippen LogP contribution in [0.5, 0.6) is 0 Å². The molecule has 1 aliphatic rings. The van der Waals surface area contributed by atoms with Crippen molar-refractivity contribution in [1.82, 2.24) is 9.62 Å². The second-order valence-corrected chi connectivity index (χ2v) is 7.86. The van der Waals surface area contributed by atoms with Gasteiger partial charge in [-0.25, -0.2) is 8.42 Å². The van der Waals surface area contributed by atoms with Gasteiger partial charge in [0, 0.05) is 25.2 Å². The number of hydrogen-bond acceptors (Lipinski definition) is 3. The Morgan fingerprint density at radius 3 is 2.55 bits per heavy atom. The Labute approximate surface area is 132 Å². The summed E-state index contributed by atoms with van der Waals surface area (Å²) >= 11 is 0. The molecule has 1 amide bonds. The van der Waals surface area contributed by atoms with Gasteiger partial charge in [-0.3, -0.25) is 4.79 Å². The average molecular weight is 324 g/mol. The Hall–Kier alpha value is -1.40. The summed E-state index contributed by atoms with van der Waals surface area (Å²) in [7, 11) is -3.52. The third kappa shape index (κ3) is 3.50. The van der Waals surface area contributed by atoms with Gasteiger partial charge >= 0.3 is 0 Å². The fourth-order valence-electron chi connectivity index (χ4n) is 2.64. The van der Waals surface area contributed by atoms with Crippen molar-refractivity contribution >= 4 is 15.9 Å². The van der Waals surface area contributed by atoms with Crippen LogP contribution in [-0.2, 0) is 10.0 Å². The quantitative estimate of drug-likeness (QED) is 0.923. The molecule has 1 aromatic carbocycles. The number of hydrogen-bond donors (Lipinski definition) is 1. The molecule has 22 heavy (non-hydrogen) atoms. The highest BCUT2D eigenvalue weighted by atomic mass is 32.2. The number of nitrogens with zero attached hydrogens (tertiary/aromatic N) is 1. The van der Waals surface area contributed by atoms with Crippen LogP contribution in [0.4, 0.5) is 0 Å². The van der Waals surface area contributed by atoms with Crippen LogP contribution >= 0.6 is 0 Å². The minimum Gasteiger partial charge on any atom is -0.352 e. The minimum absolute atomic E-state index is 0.203. The van der Waals surface area contributed by atoms with Gasteiger partial charge in [-0.1, -0.05) is 13.0 Å².